The van der Waals surface area contributed by atoms with Gasteiger partial charge in [-0.25, -0.2) is 0 Å². The van der Waals surface area contributed by atoms with Gasteiger partial charge in [0.05, 0.1) is 0 Å². The average Bonchev–Trinajstić information content (AvgIpc) is 2.90. The van der Waals surface area contributed by atoms with Crippen LogP contribution in [0.2, 0.25) is 0 Å². The Morgan fingerprint density at radius 1 is 0.457 bits per heavy atom. The molecule has 0 N–H and O–H groups in total. The van der Waals surface area contributed by atoms with Gasteiger partial charge in [0, 0.05) is 72.0 Å². The lowest BCUT2D eigenvalue weighted by Crippen LogP contribution is -2.45. The molecule has 0 bridgehead atoms. The first kappa shape index (κ1) is 25.1. The molecular formula is C30H38N4O. The van der Waals surface area contributed by atoms with Crippen LogP contribution in [0.4, 0.5) is 0 Å². The molecule has 1 saturated heterocycles. The molecule has 184 valence electrons. The van der Waals surface area contributed by atoms with E-state index in [-0.39, 0.29) is 0 Å². The van der Waals surface area contributed by atoms with Gasteiger partial charge in [-0.2, -0.15) is 0 Å². The van der Waals surface area contributed by atoms with Crippen molar-refractivity contribution in [3.63, 3.8) is 0 Å². The third kappa shape index (κ3) is 8.62. The molecule has 1 amide bonds. The zero-order valence-corrected chi connectivity index (χ0v) is 20.7. The molecule has 0 aliphatic carbocycles. The summed E-state index contributed by atoms with van der Waals surface area (Å²) >= 11 is 0. The number of carbonyl (C=O) groups is 1. The van der Waals surface area contributed by atoms with Crippen molar-refractivity contribution in [2.75, 3.05) is 52.4 Å². The predicted molar refractivity (Wildman–Crippen MR) is 143 cm³/mol. The van der Waals surface area contributed by atoms with Crippen LogP contribution in [0.25, 0.3) is 0 Å². The van der Waals surface area contributed by atoms with Crippen molar-refractivity contribution in [2.24, 2.45) is 0 Å². The second-order valence-corrected chi connectivity index (χ2v) is 9.43. The van der Waals surface area contributed by atoms with E-state index in [2.05, 4.69) is 106 Å². The topological polar surface area (TPSA) is 30.0 Å². The molecule has 35 heavy (non-hydrogen) atoms. The predicted octanol–water partition coefficient (Wildman–Crippen LogP) is 3.97. The van der Waals surface area contributed by atoms with Gasteiger partial charge in [0.2, 0.25) is 6.41 Å². The summed E-state index contributed by atoms with van der Waals surface area (Å²) in [4.78, 5) is 21.4. The van der Waals surface area contributed by atoms with Crippen molar-refractivity contribution < 1.29 is 4.79 Å². The van der Waals surface area contributed by atoms with E-state index in [0.717, 1.165) is 78.4 Å². The van der Waals surface area contributed by atoms with E-state index >= 15 is 0 Å². The van der Waals surface area contributed by atoms with E-state index in [1.807, 2.05) is 4.90 Å². The highest BCUT2D eigenvalue weighted by atomic mass is 16.1. The smallest absolute Gasteiger partial charge is 0.209 e. The van der Waals surface area contributed by atoms with Crippen LogP contribution in [-0.4, -0.2) is 78.4 Å². The molecule has 4 rings (SSSR count). The minimum absolute atomic E-state index is 0.758. The van der Waals surface area contributed by atoms with Gasteiger partial charge in [-0.15, -0.1) is 0 Å². The summed E-state index contributed by atoms with van der Waals surface area (Å²) in [7, 11) is 0. The normalized spacial score (nSPS) is 17.4. The summed E-state index contributed by atoms with van der Waals surface area (Å²) in [5, 5.41) is 0. The largest absolute Gasteiger partial charge is 0.343 e. The minimum Gasteiger partial charge on any atom is -0.343 e. The van der Waals surface area contributed by atoms with Crippen molar-refractivity contribution in [3.05, 3.63) is 108 Å². The van der Waals surface area contributed by atoms with Crippen LogP contribution in [0.3, 0.4) is 0 Å². The monoisotopic (exact) mass is 470 g/mol. The molecule has 1 aliphatic rings. The maximum absolute atomic E-state index is 11.8. The molecule has 0 saturated carbocycles. The molecule has 1 heterocycles. The number of hydrogen-bond donors (Lipinski definition) is 0. The number of amides is 1. The lowest BCUT2D eigenvalue weighted by Gasteiger charge is -2.33. The zero-order valence-electron chi connectivity index (χ0n) is 20.7. The quantitative estimate of drug-likeness (QED) is 0.489. The first-order valence-electron chi connectivity index (χ1n) is 12.8. The lowest BCUT2D eigenvalue weighted by molar-refractivity contribution is -0.118. The van der Waals surface area contributed by atoms with Crippen LogP contribution in [0.5, 0.6) is 0 Å². The van der Waals surface area contributed by atoms with Crippen molar-refractivity contribution >= 4 is 6.41 Å². The zero-order chi connectivity index (χ0) is 24.1. The Hall–Kier alpha value is -2.99. The Morgan fingerprint density at radius 2 is 0.743 bits per heavy atom. The molecule has 1 fully saturated rings. The molecule has 0 atom stereocenters. The van der Waals surface area contributed by atoms with Crippen LogP contribution < -0.4 is 0 Å². The number of carbonyl (C=O) groups excluding carboxylic acids is 1. The maximum atomic E-state index is 11.8. The summed E-state index contributed by atoms with van der Waals surface area (Å²) in [6.45, 7) is 10.0. The summed E-state index contributed by atoms with van der Waals surface area (Å²) < 4.78 is 0. The number of nitrogens with zero attached hydrogens (tertiary/aromatic N) is 4. The number of rotatable bonds is 7. The third-order valence-corrected chi connectivity index (χ3v) is 6.77. The standard InChI is InChI=1S/C30H38N4O/c35-27-34-22-20-32(25-29-12-6-2-7-13-29)18-16-31(24-28-10-4-1-5-11-28)17-19-33(21-23-34)26-30-14-8-3-9-15-30/h1-15,27H,16-26H2. The van der Waals surface area contributed by atoms with Gasteiger partial charge in [0.15, 0.2) is 0 Å². The summed E-state index contributed by atoms with van der Waals surface area (Å²) in [5.41, 5.74) is 4.00. The van der Waals surface area contributed by atoms with E-state index in [1.54, 1.807) is 0 Å². The molecular weight excluding hydrogens is 432 g/mol. The van der Waals surface area contributed by atoms with Gasteiger partial charge < -0.3 is 4.90 Å². The Balaban J connectivity index is 1.48. The minimum atomic E-state index is 0.758. The average molecular weight is 471 g/mol. The summed E-state index contributed by atoms with van der Waals surface area (Å²) in [6.07, 6.45) is 1.02. The lowest BCUT2D eigenvalue weighted by atomic mass is 10.2. The molecule has 1 aliphatic heterocycles. The van der Waals surface area contributed by atoms with E-state index in [0.29, 0.717) is 0 Å². The van der Waals surface area contributed by atoms with Crippen molar-refractivity contribution in [1.82, 2.24) is 19.6 Å². The van der Waals surface area contributed by atoms with Gasteiger partial charge in [0.1, 0.15) is 0 Å². The fraction of sp³-hybridized carbons (Fsp3) is 0.367. The van der Waals surface area contributed by atoms with Crippen LogP contribution in [-0.2, 0) is 24.4 Å². The Kier molecular flexibility index (Phi) is 9.89. The highest BCUT2D eigenvalue weighted by Gasteiger charge is 2.17. The van der Waals surface area contributed by atoms with Crippen molar-refractivity contribution in [3.8, 4) is 0 Å². The molecule has 0 unspecified atom stereocenters. The van der Waals surface area contributed by atoms with E-state index < -0.39 is 0 Å². The molecule has 0 aromatic heterocycles. The van der Waals surface area contributed by atoms with Crippen LogP contribution in [0.15, 0.2) is 91.0 Å². The number of benzene rings is 3. The van der Waals surface area contributed by atoms with E-state index in [1.165, 1.54) is 16.7 Å². The maximum Gasteiger partial charge on any atom is 0.209 e. The van der Waals surface area contributed by atoms with Crippen molar-refractivity contribution in [1.29, 1.82) is 0 Å². The number of hydrogen-bond acceptors (Lipinski definition) is 4. The van der Waals surface area contributed by atoms with Crippen molar-refractivity contribution in [2.45, 2.75) is 19.6 Å². The van der Waals surface area contributed by atoms with Crippen LogP contribution in [0.1, 0.15) is 16.7 Å². The Bertz CT molecular complexity index is 926. The van der Waals surface area contributed by atoms with Crippen LogP contribution >= 0.6 is 0 Å². The van der Waals surface area contributed by atoms with Gasteiger partial charge in [0.25, 0.3) is 0 Å². The van der Waals surface area contributed by atoms with E-state index in [9.17, 15) is 4.79 Å². The molecule has 0 spiro atoms. The van der Waals surface area contributed by atoms with E-state index in [4.69, 9.17) is 0 Å². The van der Waals surface area contributed by atoms with Gasteiger partial charge >= 0.3 is 0 Å². The van der Waals surface area contributed by atoms with Crippen LogP contribution in [0, 0.1) is 0 Å². The second-order valence-electron chi connectivity index (χ2n) is 9.43. The molecule has 3 aromatic carbocycles. The third-order valence-electron chi connectivity index (χ3n) is 6.77. The highest BCUT2D eigenvalue weighted by molar-refractivity contribution is 5.46. The summed E-state index contributed by atoms with van der Waals surface area (Å²) in [5.74, 6) is 0. The van der Waals surface area contributed by atoms with Gasteiger partial charge in [-0.1, -0.05) is 91.0 Å². The molecule has 0 radical (unpaired) electrons. The fourth-order valence-corrected chi connectivity index (χ4v) is 4.66. The molecule has 5 heteroatoms. The second kappa shape index (κ2) is 13.8. The van der Waals surface area contributed by atoms with Gasteiger partial charge in [-0.05, 0) is 16.7 Å². The first-order valence-corrected chi connectivity index (χ1v) is 12.8. The fourth-order valence-electron chi connectivity index (χ4n) is 4.66. The van der Waals surface area contributed by atoms with Gasteiger partial charge in [-0.3, -0.25) is 19.5 Å². The SMILES string of the molecule is O=CN1CCN(Cc2ccccc2)CCN(Cc2ccccc2)CCN(Cc2ccccc2)CC1. The molecule has 5 nitrogen and oxygen atoms in total. The Labute approximate surface area is 210 Å². The highest BCUT2D eigenvalue weighted by Crippen LogP contribution is 2.11. The first-order chi connectivity index (χ1) is 17.3. The summed E-state index contributed by atoms with van der Waals surface area (Å²) in [6, 6.07) is 32.1. The Morgan fingerprint density at radius 3 is 1.03 bits per heavy atom. The molecule has 3 aromatic rings.